The summed E-state index contributed by atoms with van der Waals surface area (Å²) >= 11 is 5.92. The second-order valence-electron chi connectivity index (χ2n) is 8.36. The number of carbonyl (C=O) groups excluding carboxylic acids is 2. The summed E-state index contributed by atoms with van der Waals surface area (Å²) in [5.74, 6) is -2.01. The van der Waals surface area contributed by atoms with E-state index in [1.807, 2.05) is 26.0 Å². The first-order valence-corrected chi connectivity index (χ1v) is 13.0. The van der Waals surface area contributed by atoms with Crippen molar-refractivity contribution >= 4 is 33.4 Å². The molecule has 2 rings (SSSR count). The number of benzene rings is 2. The first-order chi connectivity index (χ1) is 16.0. The van der Waals surface area contributed by atoms with Crippen molar-refractivity contribution in [2.45, 2.75) is 57.5 Å². The van der Waals surface area contributed by atoms with E-state index in [4.69, 9.17) is 16.8 Å². The number of amides is 2. The first-order valence-electron chi connectivity index (χ1n) is 11.2. The summed E-state index contributed by atoms with van der Waals surface area (Å²) in [4.78, 5) is 25.1. The molecule has 2 amide bonds. The third-order valence-corrected chi connectivity index (χ3v) is 7.73. The summed E-state index contributed by atoms with van der Waals surface area (Å²) in [5, 5.41) is 12.2. The van der Waals surface area contributed by atoms with Crippen LogP contribution in [0.2, 0.25) is 5.02 Å². The van der Waals surface area contributed by atoms with Crippen molar-refractivity contribution in [1.29, 1.82) is 0 Å². The van der Waals surface area contributed by atoms with E-state index in [2.05, 4.69) is 10.0 Å². The Bertz CT molecular complexity index is 1070. The maximum atomic E-state index is 13.1. The highest BCUT2D eigenvalue weighted by Crippen LogP contribution is 2.23. The van der Waals surface area contributed by atoms with Crippen LogP contribution in [0.5, 0.6) is 0 Å². The molecular weight excluding hydrogens is 478 g/mol. The molecule has 0 bridgehead atoms. The molecule has 4 atom stereocenters. The summed E-state index contributed by atoms with van der Waals surface area (Å²) in [6, 6.07) is 11.4. The molecule has 2 aromatic rings. The maximum absolute atomic E-state index is 13.1. The van der Waals surface area contributed by atoms with E-state index in [1.54, 1.807) is 43.6 Å². The lowest BCUT2D eigenvalue weighted by Crippen LogP contribution is -2.57. The molecule has 0 aliphatic heterocycles. The van der Waals surface area contributed by atoms with E-state index < -0.39 is 33.9 Å². The fraction of sp³-hybridized carbons (Fsp3) is 0.417. The van der Waals surface area contributed by atoms with Crippen molar-refractivity contribution in [1.82, 2.24) is 15.5 Å². The van der Waals surface area contributed by atoms with E-state index in [1.165, 1.54) is 12.1 Å². The molecule has 186 valence electrons. The van der Waals surface area contributed by atoms with E-state index in [-0.39, 0.29) is 16.7 Å². The molecule has 0 saturated heterocycles. The third kappa shape index (κ3) is 7.02. The molecule has 10 heteroatoms. The van der Waals surface area contributed by atoms with Gasteiger partial charge in [-0.2, -0.15) is 4.72 Å². The van der Waals surface area contributed by atoms with Gasteiger partial charge in [0.25, 0.3) is 5.91 Å². The van der Waals surface area contributed by atoms with Crippen molar-refractivity contribution in [3.63, 3.8) is 0 Å². The molecule has 0 spiro atoms. The van der Waals surface area contributed by atoms with Gasteiger partial charge in [-0.1, -0.05) is 76.4 Å². The van der Waals surface area contributed by atoms with Gasteiger partial charge in [-0.3, -0.25) is 14.8 Å². The SMILES string of the molecule is CC[C@H](C)[C@H](NS(=O)(=O)c1ccc(-c2ccc(Cl)cc2)cc1)C(=O)N[C@@H](C(=O)NO)[C@@H](C)CC. The van der Waals surface area contributed by atoms with Gasteiger partial charge in [0.1, 0.15) is 12.1 Å². The Labute approximate surface area is 206 Å². The molecule has 0 saturated carbocycles. The van der Waals surface area contributed by atoms with Gasteiger partial charge >= 0.3 is 0 Å². The number of sulfonamides is 1. The Hall–Kier alpha value is -2.46. The van der Waals surface area contributed by atoms with Crippen LogP contribution < -0.4 is 15.5 Å². The minimum absolute atomic E-state index is 0.0119. The lowest BCUT2D eigenvalue weighted by molar-refractivity contribution is -0.136. The number of halogens is 1. The van der Waals surface area contributed by atoms with Crippen molar-refractivity contribution in [2.75, 3.05) is 0 Å². The maximum Gasteiger partial charge on any atom is 0.266 e. The number of carbonyl (C=O) groups is 2. The van der Waals surface area contributed by atoms with Crippen LogP contribution in [0, 0.1) is 11.8 Å². The van der Waals surface area contributed by atoms with Crippen LogP contribution in [-0.4, -0.2) is 37.5 Å². The fourth-order valence-electron chi connectivity index (χ4n) is 3.38. The molecule has 0 radical (unpaired) electrons. The van der Waals surface area contributed by atoms with Crippen molar-refractivity contribution < 1.29 is 23.2 Å². The van der Waals surface area contributed by atoms with Gasteiger partial charge in [0.15, 0.2) is 0 Å². The largest absolute Gasteiger partial charge is 0.343 e. The van der Waals surface area contributed by atoms with Crippen LogP contribution in [0.3, 0.4) is 0 Å². The Morgan fingerprint density at radius 2 is 1.32 bits per heavy atom. The van der Waals surface area contributed by atoms with Gasteiger partial charge < -0.3 is 5.32 Å². The smallest absolute Gasteiger partial charge is 0.266 e. The Morgan fingerprint density at radius 3 is 1.79 bits per heavy atom. The highest BCUT2D eigenvalue weighted by Gasteiger charge is 2.33. The topological polar surface area (TPSA) is 125 Å². The van der Waals surface area contributed by atoms with E-state index >= 15 is 0 Å². The van der Waals surface area contributed by atoms with Crippen molar-refractivity contribution in [3.8, 4) is 11.1 Å². The Morgan fingerprint density at radius 1 is 0.853 bits per heavy atom. The number of nitrogens with one attached hydrogen (secondary N) is 3. The van der Waals surface area contributed by atoms with Crippen LogP contribution in [0.1, 0.15) is 40.5 Å². The molecule has 8 nitrogen and oxygen atoms in total. The number of hydrogen-bond acceptors (Lipinski definition) is 5. The first kappa shape index (κ1) is 27.8. The fourth-order valence-corrected chi connectivity index (χ4v) is 4.81. The molecule has 0 unspecified atom stereocenters. The molecule has 0 aliphatic rings. The van der Waals surface area contributed by atoms with Crippen LogP contribution in [0.25, 0.3) is 11.1 Å². The summed E-state index contributed by atoms with van der Waals surface area (Å²) in [5.41, 5.74) is 3.27. The zero-order valence-electron chi connectivity index (χ0n) is 19.7. The zero-order chi connectivity index (χ0) is 25.5. The van der Waals surface area contributed by atoms with Crippen LogP contribution in [-0.2, 0) is 19.6 Å². The minimum Gasteiger partial charge on any atom is -0.343 e. The molecule has 4 N–H and O–H groups in total. The average Bonchev–Trinajstić information content (AvgIpc) is 2.84. The van der Waals surface area contributed by atoms with E-state index in [0.717, 1.165) is 11.1 Å². The quantitative estimate of drug-likeness (QED) is 0.271. The second-order valence-corrected chi connectivity index (χ2v) is 10.5. The van der Waals surface area contributed by atoms with Crippen molar-refractivity contribution in [2.24, 2.45) is 11.8 Å². The van der Waals surface area contributed by atoms with Crippen LogP contribution >= 0.6 is 11.6 Å². The standard InChI is InChI=1S/C24H32ClN3O5S/c1-5-15(3)21(24(30)27-31)26-23(29)22(16(4)6-2)28-34(32,33)20-13-9-18(10-14-20)17-7-11-19(25)12-8-17/h7-16,21-22,28,31H,5-6H2,1-4H3,(H,26,29)(H,27,30)/t15-,16-,21+,22-/m0/s1. The molecule has 0 fully saturated rings. The summed E-state index contributed by atoms with van der Waals surface area (Å²) in [7, 11) is -4.03. The molecule has 0 heterocycles. The zero-order valence-corrected chi connectivity index (χ0v) is 21.3. The molecule has 0 aliphatic carbocycles. The predicted molar refractivity (Wildman–Crippen MR) is 132 cm³/mol. The summed E-state index contributed by atoms with van der Waals surface area (Å²) in [6.45, 7) is 7.19. The van der Waals surface area contributed by atoms with Gasteiger partial charge in [0, 0.05) is 5.02 Å². The predicted octanol–water partition coefficient (Wildman–Crippen LogP) is 3.74. The van der Waals surface area contributed by atoms with Gasteiger partial charge in [-0.15, -0.1) is 0 Å². The third-order valence-electron chi connectivity index (χ3n) is 6.02. The molecular formula is C24H32ClN3O5S. The Kier molecular flexibility index (Phi) is 10.1. The average molecular weight is 510 g/mol. The highest BCUT2D eigenvalue weighted by atomic mass is 35.5. The minimum atomic E-state index is -4.03. The summed E-state index contributed by atoms with van der Waals surface area (Å²) < 4.78 is 28.7. The second kappa shape index (κ2) is 12.3. The monoisotopic (exact) mass is 509 g/mol. The van der Waals surface area contributed by atoms with Gasteiger partial charge in [0.05, 0.1) is 4.90 Å². The number of hydrogen-bond donors (Lipinski definition) is 4. The van der Waals surface area contributed by atoms with E-state index in [0.29, 0.717) is 17.9 Å². The molecule has 2 aromatic carbocycles. The molecule has 34 heavy (non-hydrogen) atoms. The van der Waals surface area contributed by atoms with Gasteiger partial charge in [-0.05, 0) is 47.2 Å². The summed E-state index contributed by atoms with van der Waals surface area (Å²) in [6.07, 6.45) is 1.09. The highest BCUT2D eigenvalue weighted by molar-refractivity contribution is 7.89. The number of rotatable bonds is 11. The lowest BCUT2D eigenvalue weighted by Gasteiger charge is -2.28. The number of hydroxylamine groups is 1. The van der Waals surface area contributed by atoms with E-state index in [9.17, 15) is 18.0 Å². The van der Waals surface area contributed by atoms with Crippen LogP contribution in [0.15, 0.2) is 53.4 Å². The van der Waals surface area contributed by atoms with Crippen molar-refractivity contribution in [3.05, 3.63) is 53.6 Å². The normalized spacial score (nSPS) is 15.1. The Balaban J connectivity index is 2.26. The van der Waals surface area contributed by atoms with Gasteiger partial charge in [-0.25, -0.2) is 13.9 Å². The molecule has 0 aromatic heterocycles. The lowest BCUT2D eigenvalue weighted by atomic mass is 9.95. The van der Waals surface area contributed by atoms with Crippen LogP contribution in [0.4, 0.5) is 0 Å². The van der Waals surface area contributed by atoms with Gasteiger partial charge in [0.2, 0.25) is 15.9 Å².